The van der Waals surface area contributed by atoms with Crippen LogP contribution in [0.4, 0.5) is 5.69 Å². The average Bonchev–Trinajstić information content (AvgIpc) is 3.04. The van der Waals surface area contributed by atoms with E-state index in [1.54, 1.807) is 0 Å². The number of carbonyl (C=O) groups is 1. The predicted octanol–water partition coefficient (Wildman–Crippen LogP) is 4.44. The zero-order valence-electron chi connectivity index (χ0n) is 16.2. The average molecular weight is 505 g/mol. The quantitative estimate of drug-likeness (QED) is 0.354. The predicted molar refractivity (Wildman–Crippen MR) is 123 cm³/mol. The van der Waals surface area contributed by atoms with E-state index in [9.17, 15) is 4.79 Å². The molecule has 1 aromatic carbocycles. The minimum Gasteiger partial charge on any atom is -0.357 e. The third kappa shape index (κ3) is 5.50. The Balaban J connectivity index is 0.00000261. The first kappa shape index (κ1) is 22.3. The second-order valence-corrected chi connectivity index (χ2v) is 7.88. The van der Waals surface area contributed by atoms with Gasteiger partial charge >= 0.3 is 0 Å². The molecule has 3 rings (SSSR count). The molecule has 0 atom stereocenters. The van der Waals surface area contributed by atoms with Crippen LogP contribution in [0.15, 0.2) is 23.2 Å². The number of halogens is 2. The van der Waals surface area contributed by atoms with Gasteiger partial charge in [0.1, 0.15) is 0 Å². The fraction of sp³-hybridized carbons (Fsp3) is 0.600. The third-order valence-electron chi connectivity index (χ3n) is 5.63. The summed E-state index contributed by atoms with van der Waals surface area (Å²) >= 11 is 6.10. The van der Waals surface area contributed by atoms with Crippen LogP contribution >= 0.6 is 35.6 Å². The Labute approximate surface area is 184 Å². The third-order valence-corrected chi connectivity index (χ3v) is 6.04. The second-order valence-electron chi connectivity index (χ2n) is 7.47. The molecular weight excluding hydrogens is 475 g/mol. The van der Waals surface area contributed by atoms with Crippen LogP contribution in [0, 0.1) is 12.3 Å². The monoisotopic (exact) mass is 504 g/mol. The van der Waals surface area contributed by atoms with Gasteiger partial charge in [-0.05, 0) is 56.2 Å². The van der Waals surface area contributed by atoms with E-state index in [0.29, 0.717) is 23.4 Å². The number of hydrogen-bond donors (Lipinski definition) is 2. The minimum absolute atomic E-state index is 0. The number of likely N-dealkylation sites (tertiary alicyclic amines) is 1. The van der Waals surface area contributed by atoms with Crippen LogP contribution in [0.2, 0.25) is 5.02 Å². The summed E-state index contributed by atoms with van der Waals surface area (Å²) in [6.45, 7) is 7.49. The number of carbonyl (C=O) groups excluding carboxylic acids is 1. The maximum absolute atomic E-state index is 12.2. The smallest absolute Gasteiger partial charge is 0.226 e. The van der Waals surface area contributed by atoms with E-state index in [2.05, 4.69) is 27.4 Å². The van der Waals surface area contributed by atoms with Crippen molar-refractivity contribution in [2.75, 3.05) is 31.5 Å². The normalized spacial score (nSPS) is 18.0. The van der Waals surface area contributed by atoms with E-state index in [1.807, 2.05) is 25.1 Å². The highest BCUT2D eigenvalue weighted by Gasteiger charge is 2.43. The molecule has 2 aliphatic rings. The molecular formula is C20H30ClIN4O. The standard InChI is InChI=1S/C20H29ClN4O.HI/c1-3-22-19(25-13-11-20(14-25)9-5-10-20)23-12-8-18(26)24-17-7-4-6-16(21)15(17)2;/h4,6-7H,3,5,8-14H2,1-2H3,(H,22,23)(H,24,26);1H. The summed E-state index contributed by atoms with van der Waals surface area (Å²) in [5.41, 5.74) is 2.20. The van der Waals surface area contributed by atoms with E-state index in [1.165, 1.54) is 25.7 Å². The van der Waals surface area contributed by atoms with Crippen molar-refractivity contribution in [3.05, 3.63) is 28.8 Å². The first-order valence-electron chi connectivity index (χ1n) is 9.61. The largest absolute Gasteiger partial charge is 0.357 e. The molecule has 5 nitrogen and oxygen atoms in total. The first-order valence-corrected chi connectivity index (χ1v) is 9.99. The van der Waals surface area contributed by atoms with Gasteiger partial charge in [0.25, 0.3) is 0 Å². The van der Waals surface area contributed by atoms with Gasteiger partial charge in [0.2, 0.25) is 5.91 Å². The van der Waals surface area contributed by atoms with Crippen LogP contribution in [0.1, 0.15) is 44.6 Å². The van der Waals surface area contributed by atoms with Gasteiger partial charge in [-0.2, -0.15) is 0 Å². The first-order chi connectivity index (χ1) is 12.5. The summed E-state index contributed by atoms with van der Waals surface area (Å²) in [7, 11) is 0. The Bertz CT molecular complexity index is 691. The van der Waals surface area contributed by atoms with Crippen molar-refractivity contribution in [1.82, 2.24) is 10.2 Å². The molecule has 1 saturated carbocycles. The molecule has 150 valence electrons. The number of aliphatic imine (C=N–C) groups is 1. The summed E-state index contributed by atoms with van der Waals surface area (Å²) in [6.07, 6.45) is 5.70. The Morgan fingerprint density at radius 3 is 2.74 bits per heavy atom. The summed E-state index contributed by atoms with van der Waals surface area (Å²) < 4.78 is 0. The minimum atomic E-state index is -0.0353. The number of benzene rings is 1. The maximum Gasteiger partial charge on any atom is 0.226 e. The number of rotatable bonds is 5. The Morgan fingerprint density at radius 2 is 2.11 bits per heavy atom. The highest BCUT2D eigenvalue weighted by Crippen LogP contribution is 2.47. The lowest BCUT2D eigenvalue weighted by Gasteiger charge is -2.38. The number of nitrogens with one attached hydrogen (secondary N) is 2. The molecule has 1 aliphatic carbocycles. The molecule has 7 heteroatoms. The van der Waals surface area contributed by atoms with E-state index < -0.39 is 0 Å². The van der Waals surface area contributed by atoms with Crippen LogP contribution in [-0.4, -0.2) is 42.9 Å². The van der Waals surface area contributed by atoms with Crippen molar-refractivity contribution in [2.24, 2.45) is 10.4 Å². The van der Waals surface area contributed by atoms with E-state index in [0.717, 1.165) is 36.8 Å². The van der Waals surface area contributed by atoms with Gasteiger partial charge in [-0.25, -0.2) is 0 Å². The molecule has 0 unspecified atom stereocenters. The van der Waals surface area contributed by atoms with Crippen molar-refractivity contribution in [2.45, 2.75) is 46.0 Å². The molecule has 0 aromatic heterocycles. The number of hydrogen-bond acceptors (Lipinski definition) is 2. The molecule has 1 aromatic rings. The van der Waals surface area contributed by atoms with Crippen LogP contribution in [-0.2, 0) is 4.79 Å². The summed E-state index contributed by atoms with van der Waals surface area (Å²) in [5, 5.41) is 6.97. The van der Waals surface area contributed by atoms with Crippen molar-refractivity contribution in [3.63, 3.8) is 0 Å². The van der Waals surface area contributed by atoms with Crippen molar-refractivity contribution in [1.29, 1.82) is 0 Å². The van der Waals surface area contributed by atoms with Gasteiger partial charge in [0.15, 0.2) is 5.96 Å². The molecule has 1 saturated heterocycles. The fourth-order valence-electron chi connectivity index (χ4n) is 3.85. The lowest BCUT2D eigenvalue weighted by Crippen LogP contribution is -2.42. The van der Waals surface area contributed by atoms with Gasteiger partial charge in [-0.15, -0.1) is 24.0 Å². The SMILES string of the molecule is CCNC(=NCCC(=O)Nc1cccc(Cl)c1C)N1CCC2(CCC2)C1.I. The van der Waals surface area contributed by atoms with Crippen molar-refractivity contribution < 1.29 is 4.79 Å². The fourth-order valence-corrected chi connectivity index (χ4v) is 4.02. The molecule has 0 bridgehead atoms. The zero-order valence-corrected chi connectivity index (χ0v) is 19.3. The Morgan fingerprint density at radius 1 is 1.33 bits per heavy atom. The van der Waals surface area contributed by atoms with Crippen LogP contribution < -0.4 is 10.6 Å². The van der Waals surface area contributed by atoms with E-state index >= 15 is 0 Å². The van der Waals surface area contributed by atoms with Crippen LogP contribution in [0.3, 0.4) is 0 Å². The lowest BCUT2D eigenvalue weighted by atomic mass is 9.68. The van der Waals surface area contributed by atoms with Crippen LogP contribution in [0.5, 0.6) is 0 Å². The molecule has 1 aliphatic heterocycles. The van der Waals surface area contributed by atoms with Gasteiger partial charge in [0, 0.05) is 36.8 Å². The zero-order chi connectivity index (χ0) is 18.6. The van der Waals surface area contributed by atoms with Gasteiger partial charge in [-0.3, -0.25) is 9.79 Å². The summed E-state index contributed by atoms with van der Waals surface area (Å²) in [5.74, 6) is 0.912. The van der Waals surface area contributed by atoms with E-state index in [-0.39, 0.29) is 29.9 Å². The summed E-state index contributed by atoms with van der Waals surface area (Å²) in [6, 6.07) is 5.54. The molecule has 1 heterocycles. The van der Waals surface area contributed by atoms with Crippen molar-refractivity contribution >= 4 is 53.1 Å². The van der Waals surface area contributed by atoms with Crippen LogP contribution in [0.25, 0.3) is 0 Å². The van der Waals surface area contributed by atoms with E-state index in [4.69, 9.17) is 11.6 Å². The molecule has 2 fully saturated rings. The molecule has 0 radical (unpaired) electrons. The van der Waals surface area contributed by atoms with Crippen molar-refractivity contribution in [3.8, 4) is 0 Å². The topological polar surface area (TPSA) is 56.7 Å². The highest BCUT2D eigenvalue weighted by atomic mass is 127. The Kier molecular flexibility index (Phi) is 8.21. The molecule has 1 amide bonds. The highest BCUT2D eigenvalue weighted by molar-refractivity contribution is 14.0. The maximum atomic E-state index is 12.2. The lowest BCUT2D eigenvalue weighted by molar-refractivity contribution is -0.116. The van der Waals surface area contributed by atoms with Gasteiger partial charge in [0.05, 0.1) is 6.54 Å². The van der Waals surface area contributed by atoms with Gasteiger partial charge in [-0.1, -0.05) is 24.1 Å². The number of anilines is 1. The molecule has 27 heavy (non-hydrogen) atoms. The van der Waals surface area contributed by atoms with Gasteiger partial charge < -0.3 is 15.5 Å². The number of nitrogens with zero attached hydrogens (tertiary/aromatic N) is 2. The molecule has 1 spiro atoms. The number of amides is 1. The summed E-state index contributed by atoms with van der Waals surface area (Å²) in [4.78, 5) is 19.3. The number of guanidine groups is 1. The second kappa shape index (κ2) is 9.96. The molecule has 2 N–H and O–H groups in total. The Hall–Kier alpha value is -1.02.